The van der Waals surface area contributed by atoms with Crippen molar-refractivity contribution in [3.63, 3.8) is 0 Å². The fourth-order valence-corrected chi connectivity index (χ4v) is 5.21. The predicted octanol–water partition coefficient (Wildman–Crippen LogP) is 3.45. The number of nitrogens with zero attached hydrogens (tertiary/aromatic N) is 1. The van der Waals surface area contributed by atoms with Gasteiger partial charge in [0, 0.05) is 17.3 Å². The number of Topliss-reactive ketones (excluding diaryl/α,β-unsaturated/α-hetero) is 1. The number of amides is 1. The number of piperidine rings is 1. The van der Waals surface area contributed by atoms with Crippen molar-refractivity contribution in [2.45, 2.75) is 50.7 Å². The zero-order valence-electron chi connectivity index (χ0n) is 16.1. The minimum atomic E-state index is -0.783. The molecule has 3 unspecified atom stereocenters. The zero-order valence-corrected chi connectivity index (χ0v) is 16.9. The van der Waals surface area contributed by atoms with E-state index in [0.717, 1.165) is 24.1 Å². The number of hydrogen-bond acceptors (Lipinski definition) is 5. The molecule has 1 aromatic heterocycles. The molecule has 1 aliphatic carbocycles. The average molecular weight is 412 g/mol. The van der Waals surface area contributed by atoms with Gasteiger partial charge in [-0.1, -0.05) is 12.1 Å². The van der Waals surface area contributed by atoms with Crippen LogP contribution >= 0.6 is 11.3 Å². The third-order valence-electron chi connectivity index (χ3n) is 5.83. The number of benzene rings is 1. The van der Waals surface area contributed by atoms with Crippen molar-refractivity contribution in [1.82, 2.24) is 10.6 Å². The van der Waals surface area contributed by atoms with E-state index in [-0.39, 0.29) is 24.2 Å². The van der Waals surface area contributed by atoms with E-state index in [2.05, 4.69) is 16.7 Å². The van der Waals surface area contributed by atoms with Gasteiger partial charge < -0.3 is 10.6 Å². The van der Waals surface area contributed by atoms with Gasteiger partial charge in [0.05, 0.1) is 17.0 Å². The van der Waals surface area contributed by atoms with Gasteiger partial charge in [0.1, 0.15) is 11.9 Å². The van der Waals surface area contributed by atoms with Gasteiger partial charge >= 0.3 is 0 Å². The summed E-state index contributed by atoms with van der Waals surface area (Å²) in [4.78, 5) is 25.4. The number of hydrogen-bond donors (Lipinski definition) is 2. The summed E-state index contributed by atoms with van der Waals surface area (Å²) >= 11 is 1.32. The first kappa shape index (κ1) is 19.7. The second kappa shape index (κ2) is 8.05. The molecule has 0 radical (unpaired) electrons. The van der Waals surface area contributed by atoms with E-state index in [9.17, 15) is 19.2 Å². The van der Waals surface area contributed by atoms with Gasteiger partial charge in [-0.05, 0) is 61.4 Å². The maximum Gasteiger partial charge on any atom is 0.238 e. The Morgan fingerprint density at radius 1 is 1.34 bits per heavy atom. The van der Waals surface area contributed by atoms with Crippen LogP contribution in [0.3, 0.4) is 0 Å². The van der Waals surface area contributed by atoms with Crippen LogP contribution in [-0.4, -0.2) is 29.8 Å². The van der Waals surface area contributed by atoms with Crippen LogP contribution in [0.4, 0.5) is 4.39 Å². The van der Waals surface area contributed by atoms with E-state index in [1.54, 1.807) is 24.3 Å². The molecule has 2 N–H and O–H groups in total. The molecule has 2 aromatic rings. The minimum Gasteiger partial charge on any atom is -0.339 e. The molecule has 7 heteroatoms. The number of halogens is 1. The van der Waals surface area contributed by atoms with Gasteiger partial charge in [-0.2, -0.15) is 5.26 Å². The van der Waals surface area contributed by atoms with Crippen molar-refractivity contribution in [3.05, 3.63) is 46.6 Å². The Hall–Kier alpha value is -2.56. The molecule has 2 fully saturated rings. The van der Waals surface area contributed by atoms with Crippen LogP contribution in [0, 0.1) is 23.1 Å². The Kier molecular flexibility index (Phi) is 5.48. The molecule has 4 atom stereocenters. The van der Waals surface area contributed by atoms with E-state index in [1.807, 2.05) is 0 Å². The minimum absolute atomic E-state index is 0.0177. The molecule has 1 amide bonds. The van der Waals surface area contributed by atoms with E-state index >= 15 is 0 Å². The van der Waals surface area contributed by atoms with Crippen molar-refractivity contribution >= 4 is 23.0 Å². The maximum absolute atomic E-state index is 14.7. The monoisotopic (exact) mass is 411 g/mol. The lowest BCUT2D eigenvalue weighted by atomic mass is 9.98. The summed E-state index contributed by atoms with van der Waals surface area (Å²) < 4.78 is 14.7. The number of carbonyl (C=O) groups is 2. The van der Waals surface area contributed by atoms with E-state index in [4.69, 9.17) is 0 Å². The summed E-state index contributed by atoms with van der Waals surface area (Å²) in [6, 6.07) is 9.83. The van der Waals surface area contributed by atoms with Crippen molar-refractivity contribution in [1.29, 1.82) is 5.26 Å². The van der Waals surface area contributed by atoms with Gasteiger partial charge in [-0.15, -0.1) is 11.3 Å². The van der Waals surface area contributed by atoms with Crippen LogP contribution in [0.5, 0.6) is 0 Å². The highest BCUT2D eigenvalue weighted by atomic mass is 32.1. The van der Waals surface area contributed by atoms with Crippen molar-refractivity contribution in [2.75, 3.05) is 0 Å². The molecule has 1 saturated heterocycles. The van der Waals surface area contributed by atoms with Crippen molar-refractivity contribution in [3.8, 4) is 16.5 Å². The topological polar surface area (TPSA) is 82.0 Å². The second-order valence-corrected chi connectivity index (χ2v) is 8.92. The molecule has 4 rings (SSSR count). The standard InChI is InChI=1S/C22H22FN3O2S/c1-12(27)19-6-7-20(29-19)14-3-2-13(18(23)10-14)8-17(11-24)26-22(28)21-15-4-5-16(9-15)25-21/h2-3,6-7,10,15-17,21,25H,4-5,8-9H2,1H3,(H,26,28)/t15?,16-,17?,21?/m1/s1. The molecule has 2 aliphatic rings. The van der Waals surface area contributed by atoms with E-state index < -0.39 is 11.9 Å². The van der Waals surface area contributed by atoms with Gasteiger partial charge in [0.25, 0.3) is 0 Å². The first-order valence-electron chi connectivity index (χ1n) is 9.80. The lowest BCUT2D eigenvalue weighted by Crippen LogP contribution is -2.50. The number of carbonyl (C=O) groups excluding carboxylic acids is 2. The largest absolute Gasteiger partial charge is 0.339 e. The molecular formula is C22H22FN3O2S. The molecular weight excluding hydrogens is 389 g/mol. The molecule has 0 spiro atoms. The van der Waals surface area contributed by atoms with Crippen molar-refractivity contribution in [2.24, 2.45) is 5.92 Å². The number of thiophene rings is 1. The Morgan fingerprint density at radius 2 is 2.17 bits per heavy atom. The molecule has 5 nitrogen and oxygen atoms in total. The van der Waals surface area contributed by atoms with Gasteiger partial charge in [0.15, 0.2) is 5.78 Å². The molecule has 1 aliphatic heterocycles. The molecule has 1 aromatic carbocycles. The molecule has 2 bridgehead atoms. The first-order valence-corrected chi connectivity index (χ1v) is 10.6. The lowest BCUT2D eigenvalue weighted by Gasteiger charge is -2.23. The third kappa shape index (κ3) is 4.09. The van der Waals surface area contributed by atoms with Crippen molar-refractivity contribution < 1.29 is 14.0 Å². The second-order valence-electron chi connectivity index (χ2n) is 7.84. The number of rotatable bonds is 6. The number of fused-ring (bicyclic) bond motifs is 2. The van der Waals surface area contributed by atoms with Gasteiger partial charge in [-0.3, -0.25) is 9.59 Å². The fraction of sp³-hybridized carbons (Fsp3) is 0.409. The highest BCUT2D eigenvalue weighted by Crippen LogP contribution is 2.35. The summed E-state index contributed by atoms with van der Waals surface area (Å²) in [5.41, 5.74) is 1.07. The normalized spacial score (nSPS) is 23.6. The molecule has 1 saturated carbocycles. The zero-order chi connectivity index (χ0) is 20.5. The highest BCUT2D eigenvalue weighted by Gasteiger charge is 2.43. The van der Waals surface area contributed by atoms with Crippen LogP contribution in [-0.2, 0) is 11.2 Å². The Labute approximate surface area is 172 Å². The molecule has 29 heavy (non-hydrogen) atoms. The Morgan fingerprint density at radius 3 is 2.76 bits per heavy atom. The van der Waals surface area contributed by atoms with Crippen LogP contribution in [0.2, 0.25) is 0 Å². The Balaban J connectivity index is 1.43. The summed E-state index contributed by atoms with van der Waals surface area (Å²) in [7, 11) is 0. The SMILES string of the molecule is CC(=O)c1ccc(-c2ccc(CC(C#N)NC(=O)C3N[C@@H]4CCC3C4)c(F)c2)s1. The van der Waals surface area contributed by atoms with E-state index in [0.29, 0.717) is 28.0 Å². The summed E-state index contributed by atoms with van der Waals surface area (Å²) in [5.74, 6) is -0.277. The third-order valence-corrected chi connectivity index (χ3v) is 7.06. The van der Waals surface area contributed by atoms with Crippen LogP contribution in [0.1, 0.15) is 41.4 Å². The number of nitriles is 1. The summed E-state index contributed by atoms with van der Waals surface area (Å²) in [5, 5.41) is 15.5. The quantitative estimate of drug-likeness (QED) is 0.714. The van der Waals surface area contributed by atoms with Crippen LogP contribution in [0.15, 0.2) is 30.3 Å². The van der Waals surface area contributed by atoms with E-state index in [1.165, 1.54) is 24.3 Å². The maximum atomic E-state index is 14.7. The average Bonchev–Trinajstić information content (AvgIpc) is 3.45. The van der Waals surface area contributed by atoms with Crippen LogP contribution < -0.4 is 10.6 Å². The van der Waals surface area contributed by atoms with Gasteiger partial charge in [0.2, 0.25) is 5.91 Å². The van der Waals surface area contributed by atoms with Crippen LogP contribution in [0.25, 0.3) is 10.4 Å². The predicted molar refractivity (Wildman–Crippen MR) is 109 cm³/mol. The Bertz CT molecular complexity index is 996. The lowest BCUT2D eigenvalue weighted by molar-refractivity contribution is -0.124. The number of nitrogens with one attached hydrogen (secondary N) is 2. The fourth-order valence-electron chi connectivity index (χ4n) is 4.31. The molecule has 150 valence electrons. The number of ketones is 1. The smallest absolute Gasteiger partial charge is 0.238 e. The first-order chi connectivity index (χ1) is 13.9. The highest BCUT2D eigenvalue weighted by molar-refractivity contribution is 7.17. The summed E-state index contributed by atoms with van der Waals surface area (Å²) in [6.45, 7) is 1.50. The summed E-state index contributed by atoms with van der Waals surface area (Å²) in [6.07, 6.45) is 3.26. The molecule has 2 heterocycles. The van der Waals surface area contributed by atoms with Gasteiger partial charge in [-0.25, -0.2) is 4.39 Å².